The number of aromatic nitrogens is 1. The molecule has 0 bridgehead atoms. The summed E-state index contributed by atoms with van der Waals surface area (Å²) in [5, 5.41) is 0. The van der Waals surface area contributed by atoms with Crippen molar-refractivity contribution in [2.45, 2.75) is 6.18 Å². The summed E-state index contributed by atoms with van der Waals surface area (Å²) in [7, 11) is -3.12. The molecular formula is C10H11F3N2O2S. The van der Waals surface area contributed by atoms with Gasteiger partial charge in [-0.05, 0) is 12.1 Å². The van der Waals surface area contributed by atoms with Gasteiger partial charge in [0.2, 0.25) is 0 Å². The van der Waals surface area contributed by atoms with E-state index in [1.807, 2.05) is 0 Å². The Kier molecular flexibility index (Phi) is 3.22. The highest BCUT2D eigenvalue weighted by Crippen LogP contribution is 2.35. The van der Waals surface area contributed by atoms with E-state index in [1.54, 1.807) is 0 Å². The van der Waals surface area contributed by atoms with Gasteiger partial charge in [0.1, 0.15) is 5.82 Å². The Morgan fingerprint density at radius 2 is 1.83 bits per heavy atom. The van der Waals surface area contributed by atoms with Gasteiger partial charge in [0, 0.05) is 19.3 Å². The Balaban J connectivity index is 2.30. The predicted octanol–water partition coefficient (Wildman–Crippen LogP) is 1.34. The van der Waals surface area contributed by atoms with Crippen molar-refractivity contribution in [3.8, 4) is 0 Å². The van der Waals surface area contributed by atoms with Gasteiger partial charge in [0.05, 0.1) is 17.1 Å². The lowest BCUT2D eigenvalue weighted by Gasteiger charge is -2.29. The lowest BCUT2D eigenvalue weighted by atomic mass is 10.2. The molecular weight excluding hydrogens is 269 g/mol. The quantitative estimate of drug-likeness (QED) is 0.779. The van der Waals surface area contributed by atoms with E-state index in [0.29, 0.717) is 0 Å². The molecule has 1 saturated heterocycles. The fourth-order valence-electron chi connectivity index (χ4n) is 1.79. The van der Waals surface area contributed by atoms with Crippen molar-refractivity contribution in [1.29, 1.82) is 0 Å². The second-order valence-electron chi connectivity index (χ2n) is 4.01. The van der Waals surface area contributed by atoms with Crippen LogP contribution in [-0.2, 0) is 16.0 Å². The van der Waals surface area contributed by atoms with Crippen molar-refractivity contribution in [3.63, 3.8) is 0 Å². The molecule has 8 heteroatoms. The van der Waals surface area contributed by atoms with Crippen molar-refractivity contribution in [3.05, 3.63) is 23.9 Å². The summed E-state index contributed by atoms with van der Waals surface area (Å²) in [6, 6.07) is 2.17. The Bertz CT molecular complexity index is 528. The van der Waals surface area contributed by atoms with E-state index in [2.05, 4.69) is 4.98 Å². The molecule has 0 atom stereocenters. The van der Waals surface area contributed by atoms with Gasteiger partial charge in [-0.3, -0.25) is 0 Å². The summed E-state index contributed by atoms with van der Waals surface area (Å²) in [5.41, 5.74) is -0.829. The molecule has 2 rings (SSSR count). The van der Waals surface area contributed by atoms with Crippen LogP contribution in [0.25, 0.3) is 0 Å². The summed E-state index contributed by atoms with van der Waals surface area (Å²) >= 11 is 0. The summed E-state index contributed by atoms with van der Waals surface area (Å²) in [6.07, 6.45) is -3.21. The first-order chi connectivity index (χ1) is 8.30. The molecule has 1 aromatic heterocycles. The molecule has 0 unspecified atom stereocenters. The van der Waals surface area contributed by atoms with Gasteiger partial charge in [-0.1, -0.05) is 0 Å². The Hall–Kier alpha value is -1.31. The molecule has 0 N–H and O–H groups in total. The molecule has 1 aliphatic rings. The molecule has 2 heterocycles. The first-order valence-electron chi connectivity index (χ1n) is 5.27. The van der Waals surface area contributed by atoms with Crippen LogP contribution in [0.15, 0.2) is 18.3 Å². The molecule has 1 fully saturated rings. The number of hydrogen-bond donors (Lipinski definition) is 0. The van der Waals surface area contributed by atoms with Crippen molar-refractivity contribution < 1.29 is 21.6 Å². The summed E-state index contributed by atoms with van der Waals surface area (Å²) in [6.45, 7) is 0.0881. The van der Waals surface area contributed by atoms with E-state index in [9.17, 15) is 21.6 Å². The standard InChI is InChI=1S/C10H11F3N2O2S/c11-10(12,13)8-2-1-3-14-9(8)15-4-6-18(16,17)7-5-15/h1-3H,4-7H2. The van der Waals surface area contributed by atoms with Crippen LogP contribution in [0.3, 0.4) is 0 Å². The van der Waals surface area contributed by atoms with E-state index in [-0.39, 0.29) is 30.4 Å². The highest BCUT2D eigenvalue weighted by Gasteiger charge is 2.36. The molecule has 0 spiro atoms. The molecule has 100 valence electrons. The number of rotatable bonds is 1. The van der Waals surface area contributed by atoms with Gasteiger partial charge >= 0.3 is 6.18 Å². The van der Waals surface area contributed by atoms with Crippen molar-refractivity contribution in [2.75, 3.05) is 29.5 Å². The number of anilines is 1. The number of halogens is 3. The van der Waals surface area contributed by atoms with Gasteiger partial charge < -0.3 is 4.90 Å². The van der Waals surface area contributed by atoms with Crippen LogP contribution >= 0.6 is 0 Å². The van der Waals surface area contributed by atoms with E-state index in [1.165, 1.54) is 17.2 Å². The fourth-order valence-corrected chi connectivity index (χ4v) is 3.00. The maximum Gasteiger partial charge on any atom is 0.419 e. The third-order valence-corrected chi connectivity index (χ3v) is 4.35. The van der Waals surface area contributed by atoms with Crippen LogP contribution < -0.4 is 4.90 Å². The topological polar surface area (TPSA) is 50.3 Å². The molecule has 0 amide bonds. The third-order valence-electron chi connectivity index (χ3n) is 2.74. The van der Waals surface area contributed by atoms with Crippen LogP contribution in [-0.4, -0.2) is 38.0 Å². The number of nitrogens with zero attached hydrogens (tertiary/aromatic N) is 2. The van der Waals surface area contributed by atoms with Crippen LogP contribution in [0.4, 0.5) is 19.0 Å². The lowest BCUT2D eigenvalue weighted by molar-refractivity contribution is -0.137. The molecule has 18 heavy (non-hydrogen) atoms. The van der Waals surface area contributed by atoms with E-state index < -0.39 is 21.6 Å². The highest BCUT2D eigenvalue weighted by molar-refractivity contribution is 7.91. The largest absolute Gasteiger partial charge is 0.419 e. The zero-order chi connectivity index (χ0) is 13.4. The van der Waals surface area contributed by atoms with Crippen LogP contribution in [0, 0.1) is 0 Å². The van der Waals surface area contributed by atoms with Crippen LogP contribution in [0.5, 0.6) is 0 Å². The van der Waals surface area contributed by atoms with E-state index >= 15 is 0 Å². The molecule has 0 aliphatic carbocycles. The maximum absolute atomic E-state index is 12.8. The van der Waals surface area contributed by atoms with E-state index in [4.69, 9.17) is 0 Å². The summed E-state index contributed by atoms with van der Waals surface area (Å²) < 4.78 is 60.8. The minimum absolute atomic E-state index is 0.0441. The van der Waals surface area contributed by atoms with Crippen molar-refractivity contribution in [1.82, 2.24) is 4.98 Å². The van der Waals surface area contributed by atoms with Gasteiger partial charge in [-0.2, -0.15) is 13.2 Å². The zero-order valence-corrected chi connectivity index (χ0v) is 10.1. The second kappa shape index (κ2) is 4.42. The van der Waals surface area contributed by atoms with Crippen LogP contribution in [0.1, 0.15) is 5.56 Å². The Morgan fingerprint density at radius 3 is 2.39 bits per heavy atom. The monoisotopic (exact) mass is 280 g/mol. The molecule has 0 saturated carbocycles. The third kappa shape index (κ3) is 2.74. The molecule has 1 aromatic rings. The Labute approximate surface area is 102 Å². The molecule has 0 aromatic carbocycles. The number of sulfone groups is 1. The average Bonchev–Trinajstić information content (AvgIpc) is 2.28. The molecule has 4 nitrogen and oxygen atoms in total. The second-order valence-corrected chi connectivity index (χ2v) is 6.31. The predicted molar refractivity (Wildman–Crippen MR) is 60.1 cm³/mol. The smallest absolute Gasteiger partial charge is 0.354 e. The number of alkyl halides is 3. The molecule has 1 aliphatic heterocycles. The van der Waals surface area contributed by atoms with Crippen molar-refractivity contribution in [2.24, 2.45) is 0 Å². The van der Waals surface area contributed by atoms with Crippen LogP contribution in [0.2, 0.25) is 0 Å². The minimum Gasteiger partial charge on any atom is -0.354 e. The van der Waals surface area contributed by atoms with Gasteiger partial charge in [0.25, 0.3) is 0 Å². The number of hydrogen-bond acceptors (Lipinski definition) is 4. The van der Waals surface area contributed by atoms with Gasteiger partial charge in [0.15, 0.2) is 9.84 Å². The fraction of sp³-hybridized carbons (Fsp3) is 0.500. The van der Waals surface area contributed by atoms with Gasteiger partial charge in [-0.15, -0.1) is 0 Å². The lowest BCUT2D eigenvalue weighted by Crippen LogP contribution is -2.41. The number of pyridine rings is 1. The first-order valence-corrected chi connectivity index (χ1v) is 7.09. The zero-order valence-electron chi connectivity index (χ0n) is 9.31. The average molecular weight is 280 g/mol. The maximum atomic E-state index is 12.8. The van der Waals surface area contributed by atoms with Crippen molar-refractivity contribution >= 4 is 15.7 Å². The van der Waals surface area contributed by atoms with E-state index in [0.717, 1.165) is 6.07 Å². The van der Waals surface area contributed by atoms with Gasteiger partial charge in [-0.25, -0.2) is 13.4 Å². The minimum atomic E-state index is -4.49. The normalized spacial score (nSPS) is 19.8. The summed E-state index contributed by atoms with van der Waals surface area (Å²) in [5.74, 6) is -0.471. The molecule has 0 radical (unpaired) electrons. The highest BCUT2D eigenvalue weighted by atomic mass is 32.2. The first kappa shape index (κ1) is 13.1. The SMILES string of the molecule is O=S1(=O)CCN(c2ncccc2C(F)(F)F)CC1. The summed E-state index contributed by atoms with van der Waals surface area (Å²) in [4.78, 5) is 5.09. The Morgan fingerprint density at radius 1 is 1.22 bits per heavy atom.